The summed E-state index contributed by atoms with van der Waals surface area (Å²) in [6.45, 7) is 4.39. The van der Waals surface area contributed by atoms with E-state index in [2.05, 4.69) is 25.4 Å². The zero-order valence-electron chi connectivity index (χ0n) is 12.5. The average molecular weight is 320 g/mol. The highest BCUT2D eigenvalue weighted by atomic mass is 32.1. The van der Waals surface area contributed by atoms with Crippen LogP contribution in [0.5, 0.6) is 0 Å². The summed E-state index contributed by atoms with van der Waals surface area (Å²) in [7, 11) is 0. The van der Waals surface area contributed by atoms with Crippen molar-refractivity contribution in [3.8, 4) is 0 Å². The van der Waals surface area contributed by atoms with Gasteiger partial charge in [-0.3, -0.25) is 14.8 Å². The third kappa shape index (κ3) is 3.45. The fraction of sp³-hybridized carbons (Fsp3) is 0.500. The monoisotopic (exact) mass is 320 g/mol. The molecule has 0 radical (unpaired) electrons. The van der Waals surface area contributed by atoms with E-state index in [0.29, 0.717) is 11.0 Å². The molecule has 3 heterocycles. The number of likely N-dealkylation sites (tertiary alicyclic amines) is 1. The predicted molar refractivity (Wildman–Crippen MR) is 86.7 cm³/mol. The average Bonchev–Trinajstić information content (AvgIpc) is 3.08. The van der Waals surface area contributed by atoms with Crippen LogP contribution in [0.25, 0.3) is 0 Å². The van der Waals surface area contributed by atoms with E-state index < -0.39 is 0 Å². The van der Waals surface area contributed by atoms with Crippen LogP contribution in [0.1, 0.15) is 36.3 Å². The number of hydrogen-bond donors (Lipinski definition) is 3. The smallest absolute Gasteiger partial charge is 0.221 e. The van der Waals surface area contributed by atoms with Crippen LogP contribution in [0.15, 0.2) is 12.4 Å². The first-order valence-electron chi connectivity index (χ1n) is 7.35. The van der Waals surface area contributed by atoms with Gasteiger partial charge in [-0.05, 0) is 19.4 Å². The highest BCUT2D eigenvalue weighted by molar-refractivity contribution is 7.15. The van der Waals surface area contributed by atoms with Crippen LogP contribution in [-0.2, 0) is 11.3 Å². The summed E-state index contributed by atoms with van der Waals surface area (Å²) in [4.78, 5) is 19.0. The van der Waals surface area contributed by atoms with Crippen molar-refractivity contribution in [2.75, 3.05) is 24.1 Å². The zero-order valence-corrected chi connectivity index (χ0v) is 13.3. The molecular weight excluding hydrogens is 300 g/mol. The SMILES string of the molecule is CC(=O)Nc1cn[nH]c1C1CCCN(Cc2cnc(N)s2)C1. The number of anilines is 2. The van der Waals surface area contributed by atoms with Gasteiger partial charge in [-0.2, -0.15) is 5.10 Å². The third-order valence-corrected chi connectivity index (χ3v) is 4.66. The van der Waals surface area contributed by atoms with Gasteiger partial charge in [0.2, 0.25) is 5.91 Å². The number of carbonyl (C=O) groups excluding carboxylic acids is 1. The molecule has 2 aromatic rings. The fourth-order valence-corrected chi connectivity index (χ4v) is 3.67. The maximum absolute atomic E-state index is 11.3. The Morgan fingerprint density at radius 3 is 3.18 bits per heavy atom. The molecule has 1 aliphatic rings. The van der Waals surface area contributed by atoms with Crippen molar-refractivity contribution in [2.24, 2.45) is 0 Å². The Labute approximate surface area is 132 Å². The normalized spacial score (nSPS) is 19.2. The standard InChI is InChI=1S/C14H20N6OS/c1-9(21)18-12-6-17-19-13(12)10-3-2-4-20(7-10)8-11-5-16-14(15)22-11/h5-6,10H,2-4,7-8H2,1H3,(H2,15,16)(H,17,19)(H,18,21). The van der Waals surface area contributed by atoms with Crippen molar-refractivity contribution < 1.29 is 4.79 Å². The summed E-state index contributed by atoms with van der Waals surface area (Å²) < 4.78 is 0. The Hall–Kier alpha value is -1.93. The van der Waals surface area contributed by atoms with Gasteiger partial charge in [-0.1, -0.05) is 0 Å². The molecular formula is C14H20N6OS. The maximum Gasteiger partial charge on any atom is 0.221 e. The number of nitrogens with two attached hydrogens (primary N) is 1. The molecule has 7 nitrogen and oxygen atoms in total. The minimum atomic E-state index is -0.0737. The summed E-state index contributed by atoms with van der Waals surface area (Å²) in [6.07, 6.45) is 5.75. The predicted octanol–water partition coefficient (Wildman–Crippen LogP) is 1.79. The molecule has 1 unspecified atom stereocenters. The largest absolute Gasteiger partial charge is 0.375 e. The lowest BCUT2D eigenvalue weighted by Gasteiger charge is -2.32. The Balaban J connectivity index is 1.68. The lowest BCUT2D eigenvalue weighted by atomic mass is 9.94. The van der Waals surface area contributed by atoms with Crippen LogP contribution in [0.3, 0.4) is 0 Å². The lowest BCUT2D eigenvalue weighted by Crippen LogP contribution is -2.34. The van der Waals surface area contributed by atoms with E-state index >= 15 is 0 Å². The van der Waals surface area contributed by atoms with Gasteiger partial charge in [0, 0.05) is 37.0 Å². The van der Waals surface area contributed by atoms with Crippen LogP contribution in [0.4, 0.5) is 10.8 Å². The molecule has 22 heavy (non-hydrogen) atoms. The molecule has 1 atom stereocenters. The molecule has 4 N–H and O–H groups in total. The van der Waals surface area contributed by atoms with Crippen molar-refractivity contribution in [3.63, 3.8) is 0 Å². The van der Waals surface area contributed by atoms with Gasteiger partial charge in [0.1, 0.15) is 0 Å². The number of nitrogens with zero attached hydrogens (tertiary/aromatic N) is 3. The molecule has 1 aliphatic heterocycles. The molecule has 118 valence electrons. The minimum absolute atomic E-state index is 0.0737. The topological polar surface area (TPSA) is 99.9 Å². The van der Waals surface area contributed by atoms with Gasteiger partial charge in [-0.25, -0.2) is 4.98 Å². The molecule has 0 aromatic carbocycles. The number of amides is 1. The Morgan fingerprint density at radius 1 is 1.59 bits per heavy atom. The number of piperidine rings is 1. The van der Waals surface area contributed by atoms with Crippen molar-refractivity contribution in [2.45, 2.75) is 32.2 Å². The summed E-state index contributed by atoms with van der Waals surface area (Å²) in [5.74, 6) is 0.277. The molecule has 1 saturated heterocycles. The number of nitrogen functional groups attached to an aromatic ring is 1. The Bertz CT molecular complexity index is 651. The van der Waals surface area contributed by atoms with Gasteiger partial charge in [-0.15, -0.1) is 11.3 Å². The molecule has 0 saturated carbocycles. The van der Waals surface area contributed by atoms with Crippen LogP contribution >= 0.6 is 11.3 Å². The van der Waals surface area contributed by atoms with Gasteiger partial charge in [0.15, 0.2) is 5.13 Å². The maximum atomic E-state index is 11.3. The van der Waals surface area contributed by atoms with E-state index in [9.17, 15) is 4.79 Å². The van der Waals surface area contributed by atoms with E-state index in [1.165, 1.54) is 23.1 Å². The van der Waals surface area contributed by atoms with E-state index in [-0.39, 0.29) is 5.91 Å². The van der Waals surface area contributed by atoms with E-state index in [1.54, 1.807) is 6.20 Å². The number of H-pyrrole nitrogens is 1. The molecule has 0 aliphatic carbocycles. The second-order valence-electron chi connectivity index (χ2n) is 5.62. The van der Waals surface area contributed by atoms with E-state index in [4.69, 9.17) is 5.73 Å². The molecule has 2 aromatic heterocycles. The minimum Gasteiger partial charge on any atom is -0.375 e. The highest BCUT2D eigenvalue weighted by Crippen LogP contribution is 2.31. The summed E-state index contributed by atoms with van der Waals surface area (Å²) in [6, 6.07) is 0. The molecule has 0 bridgehead atoms. The van der Waals surface area contributed by atoms with Crippen LogP contribution in [0.2, 0.25) is 0 Å². The number of rotatable bonds is 4. The number of thiazole rings is 1. The van der Waals surface area contributed by atoms with Crippen molar-refractivity contribution in [3.05, 3.63) is 23.0 Å². The van der Waals surface area contributed by atoms with Gasteiger partial charge in [0.25, 0.3) is 0 Å². The zero-order chi connectivity index (χ0) is 15.5. The van der Waals surface area contributed by atoms with Gasteiger partial charge >= 0.3 is 0 Å². The Kier molecular flexibility index (Phi) is 4.39. The lowest BCUT2D eigenvalue weighted by molar-refractivity contribution is -0.114. The number of hydrogen-bond acceptors (Lipinski definition) is 6. The molecule has 8 heteroatoms. The highest BCUT2D eigenvalue weighted by Gasteiger charge is 2.25. The van der Waals surface area contributed by atoms with Gasteiger partial charge < -0.3 is 11.1 Å². The van der Waals surface area contributed by atoms with E-state index in [0.717, 1.165) is 43.9 Å². The van der Waals surface area contributed by atoms with Gasteiger partial charge in [0.05, 0.1) is 17.6 Å². The Morgan fingerprint density at radius 2 is 2.45 bits per heavy atom. The van der Waals surface area contributed by atoms with Crippen molar-refractivity contribution in [1.82, 2.24) is 20.1 Å². The number of aromatic nitrogens is 3. The first-order valence-corrected chi connectivity index (χ1v) is 8.17. The summed E-state index contributed by atoms with van der Waals surface area (Å²) >= 11 is 1.54. The number of nitrogens with one attached hydrogen (secondary N) is 2. The molecule has 3 rings (SSSR count). The summed E-state index contributed by atoms with van der Waals surface area (Å²) in [5, 5.41) is 10.6. The third-order valence-electron chi connectivity index (χ3n) is 3.84. The number of aromatic amines is 1. The van der Waals surface area contributed by atoms with Crippen LogP contribution < -0.4 is 11.1 Å². The summed E-state index contributed by atoms with van der Waals surface area (Å²) in [5.41, 5.74) is 7.50. The van der Waals surface area contributed by atoms with E-state index in [1.807, 2.05) is 6.20 Å². The van der Waals surface area contributed by atoms with Crippen molar-refractivity contribution >= 4 is 28.1 Å². The molecule has 1 fully saturated rings. The van der Waals surface area contributed by atoms with Crippen LogP contribution in [-0.4, -0.2) is 39.1 Å². The van der Waals surface area contributed by atoms with Crippen molar-refractivity contribution in [1.29, 1.82) is 0 Å². The first kappa shape index (κ1) is 15.0. The second kappa shape index (κ2) is 6.45. The van der Waals surface area contributed by atoms with Crippen LogP contribution in [0, 0.1) is 0 Å². The number of carbonyl (C=O) groups is 1. The fourth-order valence-electron chi connectivity index (χ4n) is 2.95. The molecule has 1 amide bonds. The quantitative estimate of drug-likeness (QED) is 0.797. The molecule has 0 spiro atoms. The second-order valence-corrected chi connectivity index (χ2v) is 6.76. The first-order chi connectivity index (χ1) is 10.6.